The molecule has 1 N–H and O–H groups in total. The number of nitrogens with one attached hydrogen (secondary N) is 1. The van der Waals surface area contributed by atoms with Crippen molar-refractivity contribution in [1.82, 2.24) is 15.1 Å². The van der Waals surface area contributed by atoms with Crippen LogP contribution in [0.25, 0.3) is 0 Å². The summed E-state index contributed by atoms with van der Waals surface area (Å²) in [6.07, 6.45) is 4.57. The molecular formula is C18H20ClN3O2. The van der Waals surface area contributed by atoms with Crippen LogP contribution < -0.4 is 4.74 Å². The summed E-state index contributed by atoms with van der Waals surface area (Å²) in [6.45, 7) is 2.01. The number of halogens is 1. The first-order valence-electron chi connectivity index (χ1n) is 8.40. The Morgan fingerprint density at radius 1 is 1.38 bits per heavy atom. The number of carbonyl (C=O) groups is 1. The summed E-state index contributed by atoms with van der Waals surface area (Å²) >= 11 is 6.07. The van der Waals surface area contributed by atoms with Crippen molar-refractivity contribution in [3.8, 4) is 5.75 Å². The number of carbonyl (C=O) groups excluding carboxylic acids is 1. The van der Waals surface area contributed by atoms with Crippen molar-refractivity contribution in [2.45, 2.75) is 25.2 Å². The van der Waals surface area contributed by atoms with Gasteiger partial charge in [-0.15, -0.1) is 0 Å². The number of hydrogen-bond acceptors (Lipinski definition) is 3. The van der Waals surface area contributed by atoms with Gasteiger partial charge in [0.1, 0.15) is 12.4 Å². The van der Waals surface area contributed by atoms with Crippen LogP contribution in [0.5, 0.6) is 5.75 Å². The van der Waals surface area contributed by atoms with Gasteiger partial charge in [-0.3, -0.25) is 9.89 Å². The smallest absolute Gasteiger partial charge is 0.229 e. The topological polar surface area (TPSA) is 58.2 Å². The van der Waals surface area contributed by atoms with E-state index in [9.17, 15) is 4.79 Å². The Labute approximate surface area is 145 Å². The van der Waals surface area contributed by atoms with Crippen LogP contribution in [0.3, 0.4) is 0 Å². The van der Waals surface area contributed by atoms with Gasteiger partial charge in [0.15, 0.2) is 0 Å². The highest BCUT2D eigenvalue weighted by Gasteiger charge is 2.33. The number of aromatic nitrogens is 2. The minimum Gasteiger partial charge on any atom is -0.492 e. The summed E-state index contributed by atoms with van der Waals surface area (Å²) in [6, 6.07) is 7.61. The molecule has 0 spiro atoms. The molecule has 2 aliphatic rings. The number of nitrogens with zero attached hydrogens (tertiary/aromatic N) is 2. The van der Waals surface area contributed by atoms with Crippen LogP contribution >= 0.6 is 11.6 Å². The van der Waals surface area contributed by atoms with Gasteiger partial charge in [0.2, 0.25) is 5.91 Å². The Balaban J connectivity index is 1.46. The largest absolute Gasteiger partial charge is 0.492 e. The SMILES string of the molecule is O=C([C@H]1COc2ccc(Cl)cc2C1)N1CCC[C@@H](c2ccn[nH]2)C1. The molecule has 1 fully saturated rings. The minimum absolute atomic E-state index is 0.128. The van der Waals surface area contributed by atoms with E-state index in [-0.39, 0.29) is 11.8 Å². The van der Waals surface area contributed by atoms with Gasteiger partial charge in [-0.1, -0.05) is 11.6 Å². The van der Waals surface area contributed by atoms with E-state index in [1.165, 1.54) is 0 Å². The average Bonchev–Trinajstić information content (AvgIpc) is 3.15. The predicted molar refractivity (Wildman–Crippen MR) is 91.3 cm³/mol. The highest BCUT2D eigenvalue weighted by molar-refractivity contribution is 6.30. The van der Waals surface area contributed by atoms with E-state index in [0.29, 0.717) is 24.0 Å². The molecule has 1 aromatic heterocycles. The molecule has 1 aromatic carbocycles. The van der Waals surface area contributed by atoms with Crippen LogP contribution in [0.15, 0.2) is 30.5 Å². The fourth-order valence-corrected chi connectivity index (χ4v) is 3.90. The van der Waals surface area contributed by atoms with Crippen molar-refractivity contribution in [1.29, 1.82) is 0 Å². The number of ether oxygens (including phenoxy) is 1. The summed E-state index contributed by atoms with van der Waals surface area (Å²) in [4.78, 5) is 14.9. The number of benzene rings is 1. The molecule has 0 aliphatic carbocycles. The van der Waals surface area contributed by atoms with Gasteiger partial charge < -0.3 is 9.64 Å². The summed E-state index contributed by atoms with van der Waals surface area (Å²) < 4.78 is 5.78. The molecule has 2 atom stereocenters. The van der Waals surface area contributed by atoms with E-state index < -0.39 is 0 Å². The van der Waals surface area contributed by atoms with Crippen molar-refractivity contribution in [3.05, 3.63) is 46.7 Å². The molecule has 3 heterocycles. The molecule has 0 bridgehead atoms. The zero-order valence-corrected chi connectivity index (χ0v) is 14.1. The number of likely N-dealkylation sites (tertiary alicyclic amines) is 1. The van der Waals surface area contributed by atoms with Gasteiger partial charge in [0.25, 0.3) is 0 Å². The first-order valence-corrected chi connectivity index (χ1v) is 8.78. The standard InChI is InChI=1S/C18H20ClN3O2/c19-15-3-4-17-13(9-15)8-14(11-24-17)18(23)22-7-1-2-12(10-22)16-5-6-20-21-16/h3-6,9,12,14H,1-2,7-8,10-11H2,(H,20,21)/t12-,14-/m1/s1. The fraction of sp³-hybridized carbons (Fsp3) is 0.444. The van der Waals surface area contributed by atoms with E-state index in [4.69, 9.17) is 16.3 Å². The van der Waals surface area contributed by atoms with Crippen LogP contribution in [-0.2, 0) is 11.2 Å². The van der Waals surface area contributed by atoms with Crippen molar-refractivity contribution >= 4 is 17.5 Å². The third kappa shape index (κ3) is 3.00. The van der Waals surface area contributed by atoms with Crippen LogP contribution in [-0.4, -0.2) is 40.7 Å². The van der Waals surface area contributed by atoms with Crippen LogP contribution in [0, 0.1) is 5.92 Å². The molecule has 4 rings (SSSR count). The summed E-state index contributed by atoms with van der Waals surface area (Å²) in [5.41, 5.74) is 2.14. The van der Waals surface area contributed by atoms with Gasteiger partial charge in [-0.25, -0.2) is 0 Å². The second-order valence-electron chi connectivity index (χ2n) is 6.60. The molecular weight excluding hydrogens is 326 g/mol. The molecule has 2 aliphatic heterocycles. The number of rotatable bonds is 2. The van der Waals surface area contributed by atoms with Crippen molar-refractivity contribution in [3.63, 3.8) is 0 Å². The van der Waals surface area contributed by atoms with Crippen LogP contribution in [0.2, 0.25) is 5.02 Å². The maximum atomic E-state index is 13.0. The van der Waals surface area contributed by atoms with Gasteiger partial charge >= 0.3 is 0 Å². The molecule has 0 unspecified atom stereocenters. The molecule has 24 heavy (non-hydrogen) atoms. The minimum atomic E-state index is -0.128. The first kappa shape index (κ1) is 15.5. The fourth-order valence-electron chi connectivity index (χ4n) is 3.71. The van der Waals surface area contributed by atoms with Crippen LogP contribution in [0.4, 0.5) is 0 Å². The molecule has 2 aromatic rings. The Kier molecular flexibility index (Phi) is 4.19. The Hall–Kier alpha value is -2.01. The summed E-state index contributed by atoms with van der Waals surface area (Å²) in [5.74, 6) is 1.25. The lowest BCUT2D eigenvalue weighted by Gasteiger charge is -2.35. The van der Waals surface area contributed by atoms with E-state index >= 15 is 0 Å². The molecule has 5 nitrogen and oxygen atoms in total. The molecule has 1 amide bonds. The Morgan fingerprint density at radius 2 is 2.29 bits per heavy atom. The normalized spacial score (nSPS) is 23.5. The number of fused-ring (bicyclic) bond motifs is 1. The van der Waals surface area contributed by atoms with E-state index in [0.717, 1.165) is 42.9 Å². The summed E-state index contributed by atoms with van der Waals surface area (Å²) in [7, 11) is 0. The average molecular weight is 346 g/mol. The lowest BCUT2D eigenvalue weighted by molar-refractivity contribution is -0.138. The highest BCUT2D eigenvalue weighted by Crippen LogP contribution is 2.32. The highest BCUT2D eigenvalue weighted by atomic mass is 35.5. The van der Waals surface area contributed by atoms with Crippen molar-refractivity contribution in [2.24, 2.45) is 5.92 Å². The zero-order valence-electron chi connectivity index (χ0n) is 13.4. The van der Waals surface area contributed by atoms with E-state index in [2.05, 4.69) is 10.2 Å². The third-order valence-electron chi connectivity index (χ3n) is 4.97. The first-order chi connectivity index (χ1) is 11.7. The van der Waals surface area contributed by atoms with Gasteiger partial charge in [0.05, 0.1) is 5.92 Å². The maximum Gasteiger partial charge on any atom is 0.229 e. The maximum absolute atomic E-state index is 13.0. The zero-order chi connectivity index (χ0) is 16.5. The number of aromatic amines is 1. The van der Waals surface area contributed by atoms with Gasteiger partial charge in [-0.2, -0.15) is 5.10 Å². The third-order valence-corrected chi connectivity index (χ3v) is 5.21. The lowest BCUT2D eigenvalue weighted by atomic mass is 9.91. The lowest BCUT2D eigenvalue weighted by Crippen LogP contribution is -2.45. The second kappa shape index (κ2) is 6.48. The van der Waals surface area contributed by atoms with E-state index in [1.807, 2.05) is 29.2 Å². The Morgan fingerprint density at radius 3 is 3.12 bits per heavy atom. The summed E-state index contributed by atoms with van der Waals surface area (Å²) in [5, 5.41) is 7.75. The number of amides is 1. The molecule has 1 saturated heterocycles. The molecule has 0 radical (unpaired) electrons. The molecule has 126 valence electrons. The number of hydrogen-bond donors (Lipinski definition) is 1. The quantitative estimate of drug-likeness (QED) is 0.910. The monoisotopic (exact) mass is 345 g/mol. The van der Waals surface area contributed by atoms with E-state index in [1.54, 1.807) is 6.20 Å². The van der Waals surface area contributed by atoms with Gasteiger partial charge in [0, 0.05) is 35.9 Å². The van der Waals surface area contributed by atoms with Crippen molar-refractivity contribution in [2.75, 3.05) is 19.7 Å². The van der Waals surface area contributed by atoms with Crippen molar-refractivity contribution < 1.29 is 9.53 Å². The number of piperidine rings is 1. The second-order valence-corrected chi connectivity index (χ2v) is 7.04. The van der Waals surface area contributed by atoms with Gasteiger partial charge in [-0.05, 0) is 49.1 Å². The van der Waals surface area contributed by atoms with Crippen LogP contribution in [0.1, 0.15) is 30.0 Å². The molecule has 6 heteroatoms. The number of H-pyrrole nitrogens is 1. The molecule has 0 saturated carbocycles. The Bertz CT molecular complexity index is 732. The predicted octanol–water partition coefficient (Wildman–Crippen LogP) is 3.02.